The third-order valence-electron chi connectivity index (χ3n) is 3.19. The topological polar surface area (TPSA) is 14.2 Å². The molecule has 0 saturated carbocycles. The van der Waals surface area contributed by atoms with Gasteiger partial charge in [-0.05, 0) is 31.4 Å². The van der Waals surface area contributed by atoms with Crippen molar-refractivity contribution in [2.24, 2.45) is 5.92 Å². The Kier molecular flexibility index (Phi) is 3.84. The molecular weight excluding hydrogens is 186 g/mol. The first-order chi connectivity index (χ1) is 7.40. The number of nitrogens with zero attached hydrogens (tertiary/aromatic N) is 1. The van der Waals surface area contributed by atoms with Crippen molar-refractivity contribution < 1.29 is 4.74 Å². The molecular formula is C13H21NO. The normalized spacial score (nSPS) is 21.0. The lowest BCUT2D eigenvalue weighted by atomic mass is 10.1. The number of unbranched alkanes of at least 4 members (excludes halogenated alkanes) is 1. The van der Waals surface area contributed by atoms with Gasteiger partial charge < -0.3 is 9.30 Å². The van der Waals surface area contributed by atoms with E-state index in [1.54, 1.807) is 0 Å². The molecule has 1 aliphatic rings. The minimum Gasteiger partial charge on any atom is -0.381 e. The largest absolute Gasteiger partial charge is 0.381 e. The number of hydrogen-bond donors (Lipinski definition) is 0. The molecule has 0 N–H and O–H groups in total. The van der Waals surface area contributed by atoms with E-state index in [2.05, 4.69) is 29.8 Å². The van der Waals surface area contributed by atoms with Crippen LogP contribution in [0, 0.1) is 5.92 Å². The van der Waals surface area contributed by atoms with E-state index in [0.29, 0.717) is 0 Å². The molecule has 1 aromatic heterocycles. The number of aryl methyl sites for hydroxylation is 1. The van der Waals surface area contributed by atoms with Crippen molar-refractivity contribution in [3.05, 3.63) is 24.0 Å². The molecule has 1 aliphatic heterocycles. The predicted octanol–water partition coefficient (Wildman–Crippen LogP) is 2.87. The molecule has 1 aromatic rings. The van der Waals surface area contributed by atoms with Crippen molar-refractivity contribution in [1.82, 2.24) is 4.57 Å². The maximum absolute atomic E-state index is 5.41. The van der Waals surface area contributed by atoms with Gasteiger partial charge in [0.15, 0.2) is 0 Å². The third kappa shape index (κ3) is 2.85. The van der Waals surface area contributed by atoms with Gasteiger partial charge in [-0.15, -0.1) is 0 Å². The van der Waals surface area contributed by atoms with Crippen molar-refractivity contribution in [2.45, 2.75) is 39.2 Å². The fourth-order valence-electron chi connectivity index (χ4n) is 2.22. The Morgan fingerprint density at radius 3 is 3.20 bits per heavy atom. The van der Waals surface area contributed by atoms with Crippen molar-refractivity contribution in [3.8, 4) is 0 Å². The summed E-state index contributed by atoms with van der Waals surface area (Å²) >= 11 is 0. The minimum atomic E-state index is 0.734. The van der Waals surface area contributed by atoms with Crippen molar-refractivity contribution in [2.75, 3.05) is 13.2 Å². The summed E-state index contributed by atoms with van der Waals surface area (Å²) in [5.74, 6) is 0.734. The van der Waals surface area contributed by atoms with E-state index in [1.807, 2.05) is 0 Å². The molecule has 2 rings (SSSR count). The molecule has 0 amide bonds. The van der Waals surface area contributed by atoms with Crippen molar-refractivity contribution in [1.29, 1.82) is 0 Å². The molecule has 1 saturated heterocycles. The van der Waals surface area contributed by atoms with Crippen LogP contribution in [0.1, 0.15) is 31.9 Å². The van der Waals surface area contributed by atoms with Crippen LogP contribution in [-0.4, -0.2) is 17.8 Å². The van der Waals surface area contributed by atoms with Gasteiger partial charge in [0.05, 0.1) is 6.61 Å². The highest BCUT2D eigenvalue weighted by molar-refractivity contribution is 5.07. The maximum Gasteiger partial charge on any atom is 0.0512 e. The van der Waals surface area contributed by atoms with E-state index >= 15 is 0 Å². The average molecular weight is 207 g/mol. The Morgan fingerprint density at radius 2 is 2.47 bits per heavy atom. The summed E-state index contributed by atoms with van der Waals surface area (Å²) in [4.78, 5) is 0. The van der Waals surface area contributed by atoms with Crippen molar-refractivity contribution >= 4 is 0 Å². The van der Waals surface area contributed by atoms with E-state index in [9.17, 15) is 0 Å². The molecule has 0 bridgehead atoms. The van der Waals surface area contributed by atoms with Crippen LogP contribution in [0.25, 0.3) is 0 Å². The van der Waals surface area contributed by atoms with E-state index < -0.39 is 0 Å². The van der Waals surface area contributed by atoms with Crippen molar-refractivity contribution in [3.63, 3.8) is 0 Å². The SMILES string of the molecule is CCCCc1cccn1CC1CCOC1. The molecule has 84 valence electrons. The first-order valence-corrected chi connectivity index (χ1v) is 6.12. The lowest BCUT2D eigenvalue weighted by molar-refractivity contribution is 0.182. The number of aromatic nitrogens is 1. The monoisotopic (exact) mass is 207 g/mol. The van der Waals surface area contributed by atoms with Crippen LogP contribution in [0.4, 0.5) is 0 Å². The van der Waals surface area contributed by atoms with Gasteiger partial charge in [-0.3, -0.25) is 0 Å². The molecule has 1 fully saturated rings. The molecule has 1 atom stereocenters. The second-order valence-corrected chi connectivity index (χ2v) is 4.49. The minimum absolute atomic E-state index is 0.734. The van der Waals surface area contributed by atoms with Gasteiger partial charge in [-0.1, -0.05) is 13.3 Å². The number of ether oxygens (including phenoxy) is 1. The zero-order valence-corrected chi connectivity index (χ0v) is 9.61. The summed E-state index contributed by atoms with van der Waals surface area (Å²) in [6.07, 6.45) is 7.23. The van der Waals surface area contributed by atoms with Gasteiger partial charge in [-0.25, -0.2) is 0 Å². The molecule has 2 heteroatoms. The fourth-order valence-corrected chi connectivity index (χ4v) is 2.22. The highest BCUT2D eigenvalue weighted by atomic mass is 16.5. The highest BCUT2D eigenvalue weighted by Gasteiger charge is 2.16. The van der Waals surface area contributed by atoms with Crippen LogP contribution < -0.4 is 0 Å². The summed E-state index contributed by atoms with van der Waals surface area (Å²) in [5, 5.41) is 0. The zero-order valence-electron chi connectivity index (χ0n) is 9.61. The van der Waals surface area contributed by atoms with Crippen LogP contribution in [-0.2, 0) is 17.7 Å². The summed E-state index contributed by atoms with van der Waals surface area (Å²) in [5.41, 5.74) is 1.49. The Balaban J connectivity index is 1.91. The summed E-state index contributed by atoms with van der Waals surface area (Å²) in [6.45, 7) is 5.30. The van der Waals surface area contributed by atoms with E-state index in [-0.39, 0.29) is 0 Å². The van der Waals surface area contributed by atoms with Crippen LogP contribution in [0.2, 0.25) is 0 Å². The quantitative estimate of drug-likeness (QED) is 0.724. The summed E-state index contributed by atoms with van der Waals surface area (Å²) in [6, 6.07) is 4.42. The first-order valence-electron chi connectivity index (χ1n) is 6.12. The molecule has 2 nitrogen and oxygen atoms in total. The van der Waals surface area contributed by atoms with Crippen LogP contribution in [0.5, 0.6) is 0 Å². The third-order valence-corrected chi connectivity index (χ3v) is 3.19. The zero-order chi connectivity index (χ0) is 10.5. The molecule has 0 radical (unpaired) electrons. The van der Waals surface area contributed by atoms with E-state index in [0.717, 1.165) is 25.7 Å². The second kappa shape index (κ2) is 5.36. The standard InChI is InChI=1S/C13H21NO/c1-2-3-5-13-6-4-8-14(13)10-12-7-9-15-11-12/h4,6,8,12H,2-3,5,7,9-11H2,1H3. The van der Waals surface area contributed by atoms with E-state index in [1.165, 1.54) is 31.4 Å². The smallest absolute Gasteiger partial charge is 0.0512 e. The lowest BCUT2D eigenvalue weighted by Gasteiger charge is -2.12. The number of rotatable bonds is 5. The highest BCUT2D eigenvalue weighted by Crippen LogP contribution is 2.17. The molecule has 0 aromatic carbocycles. The first kappa shape index (κ1) is 10.7. The maximum atomic E-state index is 5.41. The van der Waals surface area contributed by atoms with E-state index in [4.69, 9.17) is 4.74 Å². The van der Waals surface area contributed by atoms with Gasteiger partial charge in [-0.2, -0.15) is 0 Å². The van der Waals surface area contributed by atoms with Gasteiger partial charge in [0.2, 0.25) is 0 Å². The molecule has 0 aliphatic carbocycles. The molecule has 2 heterocycles. The van der Waals surface area contributed by atoms with Crippen LogP contribution >= 0.6 is 0 Å². The molecule has 1 unspecified atom stereocenters. The Hall–Kier alpha value is -0.760. The van der Waals surface area contributed by atoms with Crippen LogP contribution in [0.15, 0.2) is 18.3 Å². The van der Waals surface area contributed by atoms with Crippen LogP contribution in [0.3, 0.4) is 0 Å². The predicted molar refractivity (Wildman–Crippen MR) is 62.0 cm³/mol. The summed E-state index contributed by atoms with van der Waals surface area (Å²) < 4.78 is 7.83. The van der Waals surface area contributed by atoms with Gasteiger partial charge in [0, 0.05) is 31.0 Å². The fraction of sp³-hybridized carbons (Fsp3) is 0.692. The lowest BCUT2D eigenvalue weighted by Crippen LogP contribution is -2.12. The van der Waals surface area contributed by atoms with Gasteiger partial charge >= 0.3 is 0 Å². The second-order valence-electron chi connectivity index (χ2n) is 4.49. The molecule has 15 heavy (non-hydrogen) atoms. The average Bonchev–Trinajstić information content (AvgIpc) is 2.87. The van der Waals surface area contributed by atoms with Gasteiger partial charge in [0.25, 0.3) is 0 Å². The number of hydrogen-bond acceptors (Lipinski definition) is 1. The Morgan fingerprint density at radius 1 is 1.53 bits per heavy atom. The summed E-state index contributed by atoms with van der Waals surface area (Å²) in [7, 11) is 0. The molecule has 0 spiro atoms. The Bertz CT molecular complexity index is 286. The Labute approximate surface area is 92.2 Å². The van der Waals surface area contributed by atoms with Gasteiger partial charge in [0.1, 0.15) is 0 Å².